The highest BCUT2D eigenvalue weighted by Crippen LogP contribution is 2.33. The molecule has 2 aromatic carbocycles. The second-order valence-electron chi connectivity index (χ2n) is 8.54. The third-order valence-electron chi connectivity index (χ3n) is 6.37. The Labute approximate surface area is 180 Å². The number of nitrogens with zero attached hydrogens (tertiary/aromatic N) is 2. The Morgan fingerprint density at radius 2 is 1.83 bits per heavy atom. The molecule has 0 radical (unpaired) electrons. The lowest BCUT2D eigenvalue weighted by Crippen LogP contribution is -2.46. The van der Waals surface area contributed by atoms with Crippen molar-refractivity contribution in [2.45, 2.75) is 44.5 Å². The summed E-state index contributed by atoms with van der Waals surface area (Å²) in [7, 11) is 1.86. The fourth-order valence-electron chi connectivity index (χ4n) is 4.71. The quantitative estimate of drug-likeness (QED) is 0.569. The molecule has 5 heteroatoms. The topological polar surface area (TPSA) is 48.9 Å². The minimum Gasteiger partial charge on any atom is -0.373 e. The van der Waals surface area contributed by atoms with Gasteiger partial charge in [0.2, 0.25) is 0 Å². The van der Waals surface area contributed by atoms with E-state index in [0.29, 0.717) is 18.0 Å². The highest BCUT2D eigenvalue weighted by Gasteiger charge is 2.31. The lowest BCUT2D eigenvalue weighted by atomic mass is 9.95. The summed E-state index contributed by atoms with van der Waals surface area (Å²) in [5, 5.41) is 7.20. The number of aliphatic imine (C=N–C) groups is 1. The summed E-state index contributed by atoms with van der Waals surface area (Å²) < 4.78 is 6.03. The van der Waals surface area contributed by atoms with E-state index in [9.17, 15) is 0 Å². The Balaban J connectivity index is 1.28. The first kappa shape index (κ1) is 20.9. The molecule has 4 rings (SSSR count). The van der Waals surface area contributed by atoms with E-state index in [1.54, 1.807) is 0 Å². The molecule has 0 aromatic heterocycles. The zero-order valence-electron chi connectivity index (χ0n) is 18.1. The average Bonchev–Trinajstić information content (AvgIpc) is 3.39. The predicted octanol–water partition coefficient (Wildman–Crippen LogP) is 3.59. The molecule has 160 valence electrons. The monoisotopic (exact) mass is 406 g/mol. The molecule has 2 fully saturated rings. The van der Waals surface area contributed by atoms with Crippen LogP contribution in [0.3, 0.4) is 0 Å². The van der Waals surface area contributed by atoms with Crippen LogP contribution in [0.5, 0.6) is 0 Å². The van der Waals surface area contributed by atoms with Crippen LogP contribution in [0.4, 0.5) is 0 Å². The molecule has 0 saturated carbocycles. The molecule has 0 amide bonds. The minimum atomic E-state index is 0.171. The Kier molecular flexibility index (Phi) is 7.03. The van der Waals surface area contributed by atoms with E-state index in [1.807, 2.05) is 7.05 Å². The number of hydrogen-bond donors (Lipinski definition) is 2. The number of hydrogen-bond acceptors (Lipinski definition) is 3. The maximum Gasteiger partial charge on any atom is 0.191 e. The smallest absolute Gasteiger partial charge is 0.191 e. The van der Waals surface area contributed by atoms with Gasteiger partial charge < -0.3 is 15.4 Å². The van der Waals surface area contributed by atoms with Crippen LogP contribution in [0.25, 0.3) is 0 Å². The third kappa shape index (κ3) is 5.21. The summed E-state index contributed by atoms with van der Waals surface area (Å²) in [6.45, 7) is 6.06. The van der Waals surface area contributed by atoms with Crippen LogP contribution in [0.1, 0.15) is 37.0 Å². The lowest BCUT2D eigenvalue weighted by molar-refractivity contribution is 0.0915. The van der Waals surface area contributed by atoms with Gasteiger partial charge >= 0.3 is 0 Å². The number of nitrogens with one attached hydrogen (secondary N) is 2. The van der Waals surface area contributed by atoms with Crippen molar-refractivity contribution in [3.05, 3.63) is 71.8 Å². The highest BCUT2D eigenvalue weighted by molar-refractivity contribution is 5.80. The Hall–Kier alpha value is -2.37. The standard InChI is InChI=1S/C25H34N4O/c1-19-15-23(18-29(19)17-20-9-5-3-6-10-20)28-25(26-2)27-16-22-13-14-30-24(22)21-11-7-4-8-12-21/h3-12,19,22-24H,13-18H2,1-2H3,(H2,26,27,28). The molecule has 5 nitrogen and oxygen atoms in total. The molecule has 4 atom stereocenters. The van der Waals surface area contributed by atoms with E-state index >= 15 is 0 Å². The Morgan fingerprint density at radius 3 is 2.57 bits per heavy atom. The fraction of sp³-hybridized carbons (Fsp3) is 0.480. The number of rotatable bonds is 6. The van der Waals surface area contributed by atoms with Gasteiger partial charge in [-0.25, -0.2) is 0 Å². The zero-order chi connectivity index (χ0) is 20.8. The van der Waals surface area contributed by atoms with Crippen molar-refractivity contribution < 1.29 is 4.74 Å². The molecule has 2 aromatic rings. The first-order valence-corrected chi connectivity index (χ1v) is 11.1. The molecule has 0 spiro atoms. The molecule has 2 heterocycles. The first-order valence-electron chi connectivity index (χ1n) is 11.1. The van der Waals surface area contributed by atoms with Gasteiger partial charge in [-0.2, -0.15) is 0 Å². The minimum absolute atomic E-state index is 0.171. The van der Waals surface area contributed by atoms with Gasteiger partial charge in [0, 0.05) is 51.3 Å². The van der Waals surface area contributed by atoms with E-state index in [4.69, 9.17) is 4.74 Å². The van der Waals surface area contributed by atoms with Crippen molar-refractivity contribution in [1.29, 1.82) is 0 Å². The van der Waals surface area contributed by atoms with E-state index in [1.165, 1.54) is 11.1 Å². The first-order chi connectivity index (χ1) is 14.7. The second kappa shape index (κ2) is 10.1. The van der Waals surface area contributed by atoms with Crippen molar-refractivity contribution in [3.63, 3.8) is 0 Å². The predicted molar refractivity (Wildman–Crippen MR) is 122 cm³/mol. The van der Waals surface area contributed by atoms with Gasteiger partial charge in [0.1, 0.15) is 0 Å². The molecular weight excluding hydrogens is 372 g/mol. The van der Waals surface area contributed by atoms with E-state index < -0.39 is 0 Å². The molecule has 0 bridgehead atoms. The SMILES string of the molecule is CN=C(NCC1CCOC1c1ccccc1)NC1CC(C)N(Cc2ccccc2)C1. The van der Waals surface area contributed by atoms with Gasteiger partial charge in [0.25, 0.3) is 0 Å². The van der Waals surface area contributed by atoms with Crippen molar-refractivity contribution >= 4 is 5.96 Å². The maximum atomic E-state index is 6.03. The number of guanidine groups is 1. The van der Waals surface area contributed by atoms with Crippen molar-refractivity contribution in [3.8, 4) is 0 Å². The summed E-state index contributed by atoms with van der Waals surface area (Å²) in [6, 6.07) is 22.3. The Morgan fingerprint density at radius 1 is 1.10 bits per heavy atom. The van der Waals surface area contributed by atoms with Crippen LogP contribution < -0.4 is 10.6 Å². The van der Waals surface area contributed by atoms with Crippen LogP contribution in [-0.4, -0.2) is 49.7 Å². The van der Waals surface area contributed by atoms with Crippen molar-refractivity contribution in [1.82, 2.24) is 15.5 Å². The maximum absolute atomic E-state index is 6.03. The van der Waals surface area contributed by atoms with Crippen LogP contribution >= 0.6 is 0 Å². The zero-order valence-corrected chi connectivity index (χ0v) is 18.1. The molecule has 2 aliphatic rings. The second-order valence-corrected chi connectivity index (χ2v) is 8.54. The van der Waals surface area contributed by atoms with Gasteiger partial charge in [0.05, 0.1) is 6.10 Å². The summed E-state index contributed by atoms with van der Waals surface area (Å²) in [6.07, 6.45) is 2.38. The number of ether oxygens (including phenoxy) is 1. The average molecular weight is 407 g/mol. The Bertz CT molecular complexity index is 810. The molecule has 4 unspecified atom stereocenters. The summed E-state index contributed by atoms with van der Waals surface area (Å²) in [4.78, 5) is 7.03. The number of likely N-dealkylation sites (tertiary alicyclic amines) is 1. The normalized spacial score (nSPS) is 27.3. The van der Waals surface area contributed by atoms with Crippen LogP contribution in [0.2, 0.25) is 0 Å². The van der Waals surface area contributed by atoms with Crippen LogP contribution in [0, 0.1) is 5.92 Å². The van der Waals surface area contributed by atoms with Gasteiger partial charge in [-0.3, -0.25) is 9.89 Å². The summed E-state index contributed by atoms with van der Waals surface area (Å²) in [5.41, 5.74) is 2.65. The van der Waals surface area contributed by atoms with Crippen molar-refractivity contribution in [2.24, 2.45) is 10.9 Å². The van der Waals surface area contributed by atoms with Gasteiger partial charge in [-0.1, -0.05) is 60.7 Å². The van der Waals surface area contributed by atoms with Gasteiger partial charge in [-0.15, -0.1) is 0 Å². The van der Waals surface area contributed by atoms with E-state index in [2.05, 4.69) is 88.1 Å². The fourth-order valence-corrected chi connectivity index (χ4v) is 4.71. The largest absolute Gasteiger partial charge is 0.373 e. The lowest BCUT2D eigenvalue weighted by Gasteiger charge is -2.23. The van der Waals surface area contributed by atoms with Gasteiger partial charge in [0.15, 0.2) is 5.96 Å². The molecule has 2 saturated heterocycles. The van der Waals surface area contributed by atoms with Crippen LogP contribution in [0.15, 0.2) is 65.7 Å². The molecule has 2 N–H and O–H groups in total. The van der Waals surface area contributed by atoms with E-state index in [-0.39, 0.29) is 6.10 Å². The molecule has 30 heavy (non-hydrogen) atoms. The number of benzene rings is 2. The molecular formula is C25H34N4O. The molecule has 0 aliphatic carbocycles. The van der Waals surface area contributed by atoms with Gasteiger partial charge in [-0.05, 0) is 30.9 Å². The van der Waals surface area contributed by atoms with Crippen molar-refractivity contribution in [2.75, 3.05) is 26.7 Å². The van der Waals surface area contributed by atoms with E-state index in [0.717, 1.165) is 45.0 Å². The highest BCUT2D eigenvalue weighted by atomic mass is 16.5. The molecule has 2 aliphatic heterocycles. The van der Waals surface area contributed by atoms with Crippen LogP contribution in [-0.2, 0) is 11.3 Å². The summed E-state index contributed by atoms with van der Waals surface area (Å²) in [5.74, 6) is 1.36. The third-order valence-corrected chi connectivity index (χ3v) is 6.37. The summed E-state index contributed by atoms with van der Waals surface area (Å²) >= 11 is 0.